The van der Waals surface area contributed by atoms with Gasteiger partial charge in [0.05, 0.1) is 0 Å². The van der Waals surface area contributed by atoms with E-state index in [4.69, 9.17) is 7.85 Å². The van der Waals surface area contributed by atoms with Crippen LogP contribution in [0, 0.1) is 0 Å². The molecule has 7 aromatic carbocycles. The van der Waals surface area contributed by atoms with E-state index in [-0.39, 0.29) is 0 Å². The van der Waals surface area contributed by atoms with Gasteiger partial charge in [-0.05, 0) is 77.5 Å². The van der Waals surface area contributed by atoms with Crippen molar-refractivity contribution in [1.82, 2.24) is 0 Å². The Morgan fingerprint density at radius 3 is 1.37 bits per heavy atom. The van der Waals surface area contributed by atoms with E-state index >= 15 is 0 Å². The van der Waals surface area contributed by atoms with Gasteiger partial charge in [-0.25, -0.2) is 0 Å². The third kappa shape index (κ3) is 3.24. The molecule has 1 heteroatoms. The Balaban J connectivity index is 1.63. The maximum Gasteiger partial charge on any atom is 0.113 e. The van der Waals surface area contributed by atoms with Crippen molar-refractivity contribution in [3.05, 3.63) is 127 Å². The maximum atomic E-state index is 6.37. The van der Waals surface area contributed by atoms with Crippen LogP contribution in [0.1, 0.15) is 0 Å². The molecule has 0 nitrogen and oxygen atoms in total. The number of hydrogen-bond acceptors (Lipinski definition) is 0. The standard InChI is InChI=1S/C34H21B/c35-28-17-18-31-32(21-28)34(27-16-14-23-8-2-4-10-25(23)20-27)30-12-6-5-11-29(30)33(31)26-15-13-22-7-1-3-9-24(22)19-26/h1-21H. The van der Waals surface area contributed by atoms with Gasteiger partial charge in [-0.3, -0.25) is 0 Å². The van der Waals surface area contributed by atoms with Crippen LogP contribution in [-0.2, 0) is 0 Å². The molecule has 160 valence electrons. The van der Waals surface area contributed by atoms with Crippen LogP contribution in [0.3, 0.4) is 0 Å². The first-order chi connectivity index (χ1) is 17.3. The largest absolute Gasteiger partial charge is 0.113 e. The molecule has 0 unspecified atom stereocenters. The van der Waals surface area contributed by atoms with Gasteiger partial charge in [0.2, 0.25) is 0 Å². The van der Waals surface area contributed by atoms with Gasteiger partial charge in [-0.2, -0.15) is 0 Å². The molecule has 0 saturated carbocycles. The molecule has 0 aliphatic carbocycles. The highest BCUT2D eigenvalue weighted by molar-refractivity contribution is 6.34. The minimum absolute atomic E-state index is 0.777. The molecule has 0 N–H and O–H groups in total. The molecule has 0 aliphatic heterocycles. The van der Waals surface area contributed by atoms with Crippen LogP contribution in [-0.4, -0.2) is 7.85 Å². The highest BCUT2D eigenvalue weighted by Crippen LogP contribution is 2.44. The lowest BCUT2D eigenvalue weighted by molar-refractivity contribution is 1.68. The van der Waals surface area contributed by atoms with Gasteiger partial charge in [0.1, 0.15) is 7.85 Å². The minimum Gasteiger partial charge on any atom is -0.0960 e. The fourth-order valence-corrected chi connectivity index (χ4v) is 5.51. The van der Waals surface area contributed by atoms with Crippen molar-refractivity contribution < 1.29 is 0 Å². The van der Waals surface area contributed by atoms with Gasteiger partial charge in [-0.1, -0.05) is 121 Å². The Kier molecular flexibility index (Phi) is 4.50. The van der Waals surface area contributed by atoms with Crippen molar-refractivity contribution in [2.24, 2.45) is 0 Å². The molecule has 7 aromatic rings. The zero-order valence-electron chi connectivity index (χ0n) is 19.2. The molecule has 0 fully saturated rings. The molecular formula is C34H21B. The summed E-state index contributed by atoms with van der Waals surface area (Å²) in [7, 11) is 6.37. The molecule has 0 atom stereocenters. The lowest BCUT2D eigenvalue weighted by Gasteiger charge is -2.19. The predicted molar refractivity (Wildman–Crippen MR) is 153 cm³/mol. The molecule has 0 bridgehead atoms. The minimum atomic E-state index is 0.777. The predicted octanol–water partition coefficient (Wildman–Crippen LogP) is 8.43. The normalized spacial score (nSPS) is 11.5. The van der Waals surface area contributed by atoms with Crippen molar-refractivity contribution in [1.29, 1.82) is 0 Å². The molecule has 0 amide bonds. The summed E-state index contributed by atoms with van der Waals surface area (Å²) in [6.07, 6.45) is 0. The first-order valence-corrected chi connectivity index (χ1v) is 12.0. The van der Waals surface area contributed by atoms with Crippen molar-refractivity contribution in [2.45, 2.75) is 0 Å². The Bertz CT molecular complexity index is 1910. The van der Waals surface area contributed by atoms with Crippen LogP contribution in [0.2, 0.25) is 0 Å². The van der Waals surface area contributed by atoms with Crippen LogP contribution in [0.25, 0.3) is 65.3 Å². The Labute approximate surface area is 205 Å². The van der Waals surface area contributed by atoms with Crippen molar-refractivity contribution >= 4 is 56.4 Å². The summed E-state index contributed by atoms with van der Waals surface area (Å²) < 4.78 is 0. The van der Waals surface area contributed by atoms with E-state index in [1.165, 1.54) is 65.3 Å². The third-order valence-electron chi connectivity index (χ3n) is 7.12. The molecule has 0 heterocycles. The van der Waals surface area contributed by atoms with Gasteiger partial charge < -0.3 is 0 Å². The quantitative estimate of drug-likeness (QED) is 0.187. The van der Waals surface area contributed by atoms with E-state index in [1.807, 2.05) is 6.07 Å². The Hall–Kier alpha value is -4.36. The molecule has 0 aliphatic rings. The van der Waals surface area contributed by atoms with Crippen LogP contribution in [0.15, 0.2) is 127 Å². The van der Waals surface area contributed by atoms with E-state index in [1.54, 1.807) is 0 Å². The summed E-state index contributed by atoms with van der Waals surface area (Å²) in [5.41, 5.74) is 5.70. The van der Waals surface area contributed by atoms with E-state index in [2.05, 4.69) is 121 Å². The van der Waals surface area contributed by atoms with Gasteiger partial charge in [-0.15, -0.1) is 0 Å². The zero-order valence-corrected chi connectivity index (χ0v) is 19.2. The summed E-state index contributed by atoms with van der Waals surface area (Å²) in [4.78, 5) is 0. The van der Waals surface area contributed by atoms with Crippen LogP contribution < -0.4 is 5.46 Å². The zero-order chi connectivity index (χ0) is 23.4. The SMILES string of the molecule is [B]c1ccc2c(-c3ccc4ccccc4c3)c3ccccc3c(-c3ccc4ccccc4c3)c2c1. The first kappa shape index (κ1) is 20.1. The first-order valence-electron chi connectivity index (χ1n) is 12.0. The number of fused-ring (bicyclic) bond motifs is 4. The molecule has 0 aromatic heterocycles. The summed E-state index contributed by atoms with van der Waals surface area (Å²) in [6, 6.07) is 45.7. The fraction of sp³-hybridized carbons (Fsp3) is 0. The number of benzene rings is 7. The summed E-state index contributed by atoms with van der Waals surface area (Å²) in [5, 5.41) is 9.88. The fourth-order valence-electron chi connectivity index (χ4n) is 5.51. The highest BCUT2D eigenvalue weighted by Gasteiger charge is 2.17. The Morgan fingerprint density at radius 1 is 0.343 bits per heavy atom. The van der Waals surface area contributed by atoms with Crippen LogP contribution in [0.4, 0.5) is 0 Å². The summed E-state index contributed by atoms with van der Waals surface area (Å²) in [6.45, 7) is 0. The van der Waals surface area contributed by atoms with Gasteiger partial charge in [0.15, 0.2) is 0 Å². The number of hydrogen-bond donors (Lipinski definition) is 0. The smallest absolute Gasteiger partial charge is 0.0960 e. The van der Waals surface area contributed by atoms with Gasteiger partial charge in [0, 0.05) is 0 Å². The van der Waals surface area contributed by atoms with E-state index < -0.39 is 0 Å². The van der Waals surface area contributed by atoms with E-state index in [0.29, 0.717) is 0 Å². The second-order valence-corrected chi connectivity index (χ2v) is 9.22. The molecular weight excluding hydrogens is 419 g/mol. The summed E-state index contributed by atoms with van der Waals surface area (Å²) >= 11 is 0. The average molecular weight is 440 g/mol. The van der Waals surface area contributed by atoms with Gasteiger partial charge in [0.25, 0.3) is 0 Å². The second kappa shape index (κ2) is 7.86. The highest BCUT2D eigenvalue weighted by atomic mass is 14.2. The van der Waals surface area contributed by atoms with E-state index in [0.717, 1.165) is 5.46 Å². The molecule has 35 heavy (non-hydrogen) atoms. The van der Waals surface area contributed by atoms with Crippen LogP contribution >= 0.6 is 0 Å². The molecule has 7 rings (SSSR count). The maximum absolute atomic E-state index is 6.37. The van der Waals surface area contributed by atoms with E-state index in [9.17, 15) is 0 Å². The van der Waals surface area contributed by atoms with Crippen molar-refractivity contribution in [3.63, 3.8) is 0 Å². The summed E-state index contributed by atoms with van der Waals surface area (Å²) in [5.74, 6) is 0. The van der Waals surface area contributed by atoms with Crippen LogP contribution in [0.5, 0.6) is 0 Å². The molecule has 0 saturated heterocycles. The lowest BCUT2D eigenvalue weighted by atomic mass is 9.83. The van der Waals surface area contributed by atoms with Crippen molar-refractivity contribution in [3.8, 4) is 22.3 Å². The van der Waals surface area contributed by atoms with Gasteiger partial charge >= 0.3 is 0 Å². The molecule has 2 radical (unpaired) electrons. The Morgan fingerprint density at radius 2 is 0.800 bits per heavy atom. The lowest BCUT2D eigenvalue weighted by Crippen LogP contribution is -2.02. The van der Waals surface area contributed by atoms with Crippen molar-refractivity contribution in [2.75, 3.05) is 0 Å². The second-order valence-electron chi connectivity index (χ2n) is 9.22. The third-order valence-corrected chi connectivity index (χ3v) is 7.12. The number of rotatable bonds is 2. The monoisotopic (exact) mass is 440 g/mol. The molecule has 0 spiro atoms. The topological polar surface area (TPSA) is 0 Å². The average Bonchev–Trinajstić information content (AvgIpc) is 2.91.